The summed E-state index contributed by atoms with van der Waals surface area (Å²) in [6, 6.07) is 11.9. The number of hydrogen-bond acceptors (Lipinski definition) is 5. The molecule has 0 bridgehead atoms. The van der Waals surface area contributed by atoms with Crippen LogP contribution in [0.3, 0.4) is 0 Å². The lowest BCUT2D eigenvalue weighted by molar-refractivity contribution is 0.110. The Balaban J connectivity index is 1.65. The Bertz CT molecular complexity index is 1040. The molecule has 1 saturated heterocycles. The number of nitrogens with one attached hydrogen (secondary N) is 1. The first-order chi connectivity index (χ1) is 13.6. The van der Waals surface area contributed by atoms with Crippen LogP contribution in [0.4, 0.5) is 4.39 Å². The fourth-order valence-corrected chi connectivity index (χ4v) is 3.34. The predicted molar refractivity (Wildman–Crippen MR) is 106 cm³/mol. The maximum atomic E-state index is 13.4. The van der Waals surface area contributed by atoms with Gasteiger partial charge in [0, 0.05) is 44.0 Å². The van der Waals surface area contributed by atoms with E-state index in [0.29, 0.717) is 23.7 Å². The maximum absolute atomic E-state index is 13.4. The van der Waals surface area contributed by atoms with Gasteiger partial charge in [-0.2, -0.15) is 0 Å². The van der Waals surface area contributed by atoms with Crippen LogP contribution in [0, 0.1) is 5.82 Å². The number of ether oxygens (including phenoxy) is 2. The first-order valence-corrected chi connectivity index (χ1v) is 9.20. The first-order valence-electron chi connectivity index (χ1n) is 9.20. The predicted octanol–water partition coefficient (Wildman–Crippen LogP) is 2.36. The van der Waals surface area contributed by atoms with Crippen LogP contribution >= 0.6 is 0 Å². The number of pyridine rings is 2. The van der Waals surface area contributed by atoms with Gasteiger partial charge in [0.2, 0.25) is 0 Å². The van der Waals surface area contributed by atoms with Crippen LogP contribution in [-0.4, -0.2) is 49.3 Å². The van der Waals surface area contributed by atoms with Gasteiger partial charge in [-0.25, -0.2) is 4.39 Å². The van der Waals surface area contributed by atoms with Gasteiger partial charge in [-0.3, -0.25) is 14.1 Å². The minimum absolute atomic E-state index is 0.286. The van der Waals surface area contributed by atoms with Gasteiger partial charge in [0.1, 0.15) is 12.5 Å². The van der Waals surface area contributed by atoms with Crippen molar-refractivity contribution >= 4 is 5.52 Å². The molecule has 0 aliphatic carbocycles. The van der Waals surface area contributed by atoms with Gasteiger partial charge in [-0.15, -0.1) is 0 Å². The highest BCUT2D eigenvalue weighted by Crippen LogP contribution is 2.32. The topological polar surface area (TPSA) is 55.2 Å². The molecule has 7 heteroatoms. The van der Waals surface area contributed by atoms with Crippen molar-refractivity contribution in [1.29, 1.82) is 0 Å². The molecule has 3 aromatic rings. The third-order valence-electron chi connectivity index (χ3n) is 4.87. The van der Waals surface area contributed by atoms with E-state index in [9.17, 15) is 9.18 Å². The summed E-state index contributed by atoms with van der Waals surface area (Å²) in [5, 5.41) is 3.31. The van der Waals surface area contributed by atoms with Crippen molar-refractivity contribution in [2.24, 2.45) is 0 Å². The first kappa shape index (κ1) is 18.5. The molecule has 3 heterocycles. The Kier molecular flexibility index (Phi) is 5.27. The van der Waals surface area contributed by atoms with Crippen molar-refractivity contribution in [3.05, 3.63) is 64.8 Å². The molecule has 0 radical (unpaired) electrons. The van der Waals surface area contributed by atoms with Gasteiger partial charge in [0.05, 0.1) is 7.11 Å². The zero-order valence-corrected chi connectivity index (χ0v) is 15.7. The van der Waals surface area contributed by atoms with Crippen molar-refractivity contribution in [3.63, 3.8) is 0 Å². The summed E-state index contributed by atoms with van der Waals surface area (Å²) in [5.74, 6) is 0.812. The van der Waals surface area contributed by atoms with Crippen LogP contribution in [0.5, 0.6) is 11.5 Å². The molecule has 146 valence electrons. The van der Waals surface area contributed by atoms with Crippen LogP contribution in [0.25, 0.3) is 16.6 Å². The number of methoxy groups -OCH3 is 1. The lowest BCUT2D eigenvalue weighted by Gasteiger charge is -2.27. The summed E-state index contributed by atoms with van der Waals surface area (Å²) >= 11 is 0. The number of hydrogen-bond donors (Lipinski definition) is 1. The highest BCUT2D eigenvalue weighted by atomic mass is 19.1. The summed E-state index contributed by atoms with van der Waals surface area (Å²) in [6.07, 6.45) is 1.19. The summed E-state index contributed by atoms with van der Waals surface area (Å²) in [6.45, 7) is 4.23. The lowest BCUT2D eigenvalue weighted by atomic mass is 10.1. The minimum atomic E-state index is -0.449. The normalized spacial score (nSPS) is 14.9. The highest BCUT2D eigenvalue weighted by Gasteiger charge is 2.13. The fourth-order valence-electron chi connectivity index (χ4n) is 3.34. The molecule has 6 nitrogen and oxygen atoms in total. The molecular formula is C21H22FN3O3. The van der Waals surface area contributed by atoms with Crippen molar-refractivity contribution in [1.82, 2.24) is 14.6 Å². The average Bonchev–Trinajstić information content (AvgIpc) is 2.73. The summed E-state index contributed by atoms with van der Waals surface area (Å²) in [4.78, 5) is 14.6. The maximum Gasteiger partial charge on any atom is 0.255 e. The largest absolute Gasteiger partial charge is 0.493 e. The second-order valence-electron chi connectivity index (χ2n) is 6.73. The van der Waals surface area contributed by atoms with Crippen LogP contribution in [-0.2, 0) is 0 Å². The molecule has 0 atom stereocenters. The molecule has 1 aliphatic rings. The number of nitrogens with zero attached hydrogens (tertiary/aromatic N) is 2. The molecule has 2 aromatic heterocycles. The van der Waals surface area contributed by atoms with Crippen LogP contribution in [0.15, 0.2) is 53.5 Å². The number of benzene rings is 1. The summed E-state index contributed by atoms with van der Waals surface area (Å²) in [5.41, 5.74) is 1.92. The Morgan fingerprint density at radius 1 is 1.04 bits per heavy atom. The third-order valence-corrected chi connectivity index (χ3v) is 4.87. The van der Waals surface area contributed by atoms with Gasteiger partial charge in [-0.1, -0.05) is 6.07 Å². The molecular weight excluding hydrogens is 361 g/mol. The number of halogens is 1. The molecule has 28 heavy (non-hydrogen) atoms. The van der Waals surface area contributed by atoms with E-state index in [2.05, 4.69) is 10.2 Å². The Hall–Kier alpha value is -2.90. The summed E-state index contributed by atoms with van der Waals surface area (Å²) < 4.78 is 26.1. The van der Waals surface area contributed by atoms with Gasteiger partial charge in [-0.05, 0) is 41.5 Å². The zero-order valence-electron chi connectivity index (χ0n) is 15.7. The van der Waals surface area contributed by atoms with E-state index >= 15 is 0 Å². The zero-order chi connectivity index (χ0) is 19.5. The quantitative estimate of drug-likeness (QED) is 0.733. The van der Waals surface area contributed by atoms with E-state index in [4.69, 9.17) is 9.47 Å². The Morgan fingerprint density at radius 2 is 1.86 bits per heavy atom. The van der Waals surface area contributed by atoms with E-state index in [-0.39, 0.29) is 5.56 Å². The van der Waals surface area contributed by atoms with Crippen molar-refractivity contribution in [3.8, 4) is 22.6 Å². The second kappa shape index (κ2) is 8.00. The van der Waals surface area contributed by atoms with Crippen molar-refractivity contribution in [2.75, 3.05) is 40.0 Å². The Morgan fingerprint density at radius 3 is 2.64 bits per heavy atom. The van der Waals surface area contributed by atoms with Crippen LogP contribution in [0.1, 0.15) is 0 Å². The van der Waals surface area contributed by atoms with Crippen LogP contribution in [0.2, 0.25) is 0 Å². The number of rotatable bonds is 5. The monoisotopic (exact) mass is 383 g/mol. The van der Waals surface area contributed by atoms with E-state index < -0.39 is 5.82 Å². The SMILES string of the molecule is COc1ccc(-c2cc(=O)n3cc(F)ccc3c2)cc1OCN1CCNCC1. The number of fused-ring (bicyclic) bond motifs is 1. The van der Waals surface area contributed by atoms with Gasteiger partial charge >= 0.3 is 0 Å². The van der Waals surface area contributed by atoms with Gasteiger partial charge < -0.3 is 14.8 Å². The summed E-state index contributed by atoms with van der Waals surface area (Å²) in [7, 11) is 1.60. The third kappa shape index (κ3) is 3.85. The second-order valence-corrected chi connectivity index (χ2v) is 6.73. The highest BCUT2D eigenvalue weighted by molar-refractivity contribution is 5.71. The average molecular weight is 383 g/mol. The fraction of sp³-hybridized carbons (Fsp3) is 0.286. The van der Waals surface area contributed by atoms with Crippen LogP contribution < -0.4 is 20.3 Å². The number of piperazine rings is 1. The molecule has 4 rings (SSSR count). The molecule has 0 amide bonds. The molecule has 1 fully saturated rings. The molecule has 1 N–H and O–H groups in total. The van der Waals surface area contributed by atoms with E-state index in [1.54, 1.807) is 13.2 Å². The molecule has 0 unspecified atom stereocenters. The molecule has 0 spiro atoms. The van der Waals surface area contributed by atoms with E-state index in [1.165, 1.54) is 22.7 Å². The smallest absolute Gasteiger partial charge is 0.255 e. The number of aromatic nitrogens is 1. The standard InChI is InChI=1S/C21H22FN3O3/c1-27-19-5-2-15(11-20(19)28-14-24-8-6-23-7-9-24)16-10-18-4-3-17(22)13-25(18)21(26)12-16/h2-5,10-13,23H,6-9,14H2,1H3. The minimum Gasteiger partial charge on any atom is -0.493 e. The van der Waals surface area contributed by atoms with Gasteiger partial charge in [0.25, 0.3) is 5.56 Å². The molecule has 1 aromatic carbocycles. The molecule has 1 aliphatic heterocycles. The van der Waals surface area contributed by atoms with Gasteiger partial charge in [0.15, 0.2) is 11.5 Å². The Labute approximate surface area is 162 Å². The lowest BCUT2D eigenvalue weighted by Crippen LogP contribution is -2.44. The van der Waals surface area contributed by atoms with E-state index in [0.717, 1.165) is 37.3 Å². The molecule has 0 saturated carbocycles. The van der Waals surface area contributed by atoms with Crippen molar-refractivity contribution < 1.29 is 13.9 Å². The van der Waals surface area contributed by atoms with E-state index in [1.807, 2.05) is 24.3 Å². The van der Waals surface area contributed by atoms with Crippen molar-refractivity contribution in [2.45, 2.75) is 0 Å².